The zero-order valence-corrected chi connectivity index (χ0v) is 19.2. The lowest BCUT2D eigenvalue weighted by molar-refractivity contribution is 0.0479. The molecule has 1 aliphatic rings. The number of methoxy groups -OCH3 is 1. The number of ether oxygens (including phenoxy) is 2. The number of hydrogen-bond acceptors (Lipinski definition) is 5. The molecule has 7 heteroatoms. The molecule has 1 aromatic carbocycles. The highest BCUT2D eigenvalue weighted by Crippen LogP contribution is 2.28. The summed E-state index contributed by atoms with van der Waals surface area (Å²) >= 11 is 3.67. The number of likely N-dealkylation sites (tertiary alicyclic amines) is 1. The summed E-state index contributed by atoms with van der Waals surface area (Å²) in [5, 5.41) is 4.12. The van der Waals surface area contributed by atoms with Crippen molar-refractivity contribution in [2.45, 2.75) is 51.7 Å². The van der Waals surface area contributed by atoms with Crippen molar-refractivity contribution < 1.29 is 14.3 Å². The fourth-order valence-electron chi connectivity index (χ4n) is 3.63. The Balaban J connectivity index is 1.56. The Kier molecular flexibility index (Phi) is 7.01. The second kappa shape index (κ2) is 9.30. The monoisotopic (exact) mass is 463 g/mol. The van der Waals surface area contributed by atoms with Gasteiger partial charge >= 0.3 is 6.09 Å². The zero-order chi connectivity index (χ0) is 21.0. The second-order valence-electron chi connectivity index (χ2n) is 8.48. The fraction of sp³-hybridized carbons (Fsp3) is 0.545. The smallest absolute Gasteiger partial charge is 0.407 e. The molecule has 2 heterocycles. The van der Waals surface area contributed by atoms with E-state index in [9.17, 15) is 4.79 Å². The number of aromatic nitrogens is 1. The van der Waals surface area contributed by atoms with Crippen LogP contribution < -0.4 is 10.1 Å². The molecule has 1 aliphatic heterocycles. The fourth-order valence-corrected chi connectivity index (χ4v) is 4.14. The average Bonchev–Trinajstić information content (AvgIpc) is 2.66. The van der Waals surface area contributed by atoms with E-state index < -0.39 is 5.60 Å². The van der Waals surface area contributed by atoms with Crippen molar-refractivity contribution in [2.75, 3.05) is 26.7 Å². The summed E-state index contributed by atoms with van der Waals surface area (Å²) in [4.78, 5) is 18.9. The maximum Gasteiger partial charge on any atom is 0.407 e. The number of piperidine rings is 1. The number of benzene rings is 1. The molecule has 29 heavy (non-hydrogen) atoms. The van der Waals surface area contributed by atoms with Crippen molar-refractivity contribution in [3.8, 4) is 5.75 Å². The van der Waals surface area contributed by atoms with E-state index in [4.69, 9.17) is 9.47 Å². The van der Waals surface area contributed by atoms with E-state index >= 15 is 0 Å². The largest absolute Gasteiger partial charge is 0.497 e. The minimum Gasteiger partial charge on any atom is -0.497 e. The molecule has 158 valence electrons. The predicted octanol–water partition coefficient (Wildman–Crippen LogP) is 4.54. The molecule has 0 radical (unpaired) electrons. The van der Waals surface area contributed by atoms with Crippen LogP contribution in [-0.2, 0) is 11.2 Å². The van der Waals surface area contributed by atoms with Crippen LogP contribution in [0.2, 0.25) is 0 Å². The van der Waals surface area contributed by atoms with Crippen LogP contribution in [0.4, 0.5) is 4.79 Å². The van der Waals surface area contributed by atoms with Crippen LogP contribution >= 0.6 is 15.9 Å². The molecule has 1 aromatic heterocycles. The summed E-state index contributed by atoms with van der Waals surface area (Å²) in [6, 6.07) is 6.17. The van der Waals surface area contributed by atoms with Gasteiger partial charge in [-0.15, -0.1) is 0 Å². The quantitative estimate of drug-likeness (QED) is 0.704. The first kappa shape index (κ1) is 21.8. The number of nitrogens with zero attached hydrogens (tertiary/aromatic N) is 2. The molecule has 2 aromatic rings. The summed E-state index contributed by atoms with van der Waals surface area (Å²) in [5.74, 6) is 0.840. The van der Waals surface area contributed by atoms with E-state index in [0.717, 1.165) is 60.0 Å². The Bertz CT molecular complexity index is 858. The van der Waals surface area contributed by atoms with E-state index in [2.05, 4.69) is 37.2 Å². The van der Waals surface area contributed by atoms with Crippen molar-refractivity contribution in [2.24, 2.45) is 0 Å². The Labute approximate surface area is 181 Å². The number of alkyl carbamates (subject to hydrolysis) is 1. The topological polar surface area (TPSA) is 63.7 Å². The van der Waals surface area contributed by atoms with Crippen molar-refractivity contribution in [3.63, 3.8) is 0 Å². The van der Waals surface area contributed by atoms with E-state index in [1.165, 1.54) is 5.56 Å². The van der Waals surface area contributed by atoms with E-state index in [1.54, 1.807) is 7.11 Å². The SMILES string of the molecule is COc1ccc2ncc(Br)c(CCN3CCC(NC(=O)OC(C)(C)C)CC3)c2c1. The van der Waals surface area contributed by atoms with E-state index in [-0.39, 0.29) is 12.1 Å². The molecular formula is C22H30BrN3O3. The Hall–Kier alpha value is -1.86. The Morgan fingerprint density at radius 1 is 1.31 bits per heavy atom. The molecule has 1 N–H and O–H groups in total. The van der Waals surface area contributed by atoms with Crippen molar-refractivity contribution in [1.29, 1.82) is 0 Å². The molecule has 1 amide bonds. The van der Waals surface area contributed by atoms with Gasteiger partial charge in [-0.05, 0) is 79.7 Å². The first-order chi connectivity index (χ1) is 13.7. The number of rotatable bonds is 5. The highest BCUT2D eigenvalue weighted by Gasteiger charge is 2.23. The summed E-state index contributed by atoms with van der Waals surface area (Å²) in [6.45, 7) is 8.53. The molecule has 0 aliphatic carbocycles. The van der Waals surface area contributed by atoms with Gasteiger partial charge in [0.2, 0.25) is 0 Å². The average molecular weight is 464 g/mol. The molecule has 1 saturated heterocycles. The van der Waals surface area contributed by atoms with Crippen LogP contribution in [0.25, 0.3) is 10.9 Å². The standard InChI is InChI=1S/C22H30BrN3O3/c1-22(2,3)29-21(27)25-15-7-10-26(11-8-15)12-9-17-18-13-16(28-4)5-6-20(18)24-14-19(17)23/h5-6,13-15H,7-12H2,1-4H3,(H,25,27). The Morgan fingerprint density at radius 2 is 2.03 bits per heavy atom. The molecular weight excluding hydrogens is 434 g/mol. The van der Waals surface area contributed by atoms with Crippen LogP contribution in [0.1, 0.15) is 39.2 Å². The molecule has 1 fully saturated rings. The molecule has 0 bridgehead atoms. The van der Waals surface area contributed by atoms with Crippen molar-refractivity contribution in [3.05, 3.63) is 34.4 Å². The van der Waals surface area contributed by atoms with Crippen LogP contribution in [0.15, 0.2) is 28.9 Å². The number of hydrogen-bond donors (Lipinski definition) is 1. The van der Waals surface area contributed by atoms with Gasteiger partial charge in [0.1, 0.15) is 11.4 Å². The molecule has 0 unspecified atom stereocenters. The van der Waals surface area contributed by atoms with Gasteiger partial charge in [0.25, 0.3) is 0 Å². The van der Waals surface area contributed by atoms with Crippen molar-refractivity contribution >= 4 is 32.9 Å². The normalized spacial score (nSPS) is 16.0. The lowest BCUT2D eigenvalue weighted by Gasteiger charge is -2.33. The van der Waals surface area contributed by atoms with Crippen LogP contribution in [0.3, 0.4) is 0 Å². The Morgan fingerprint density at radius 3 is 2.69 bits per heavy atom. The number of carbonyl (C=O) groups excluding carboxylic acids is 1. The van der Waals surface area contributed by atoms with Crippen LogP contribution in [-0.4, -0.2) is 54.4 Å². The molecule has 0 atom stereocenters. The summed E-state index contributed by atoms with van der Waals surface area (Å²) in [6.07, 6.45) is 4.35. The third-order valence-electron chi connectivity index (χ3n) is 5.12. The summed E-state index contributed by atoms with van der Waals surface area (Å²) in [5.41, 5.74) is 1.76. The number of amides is 1. The minimum atomic E-state index is -0.464. The maximum absolute atomic E-state index is 12.0. The lowest BCUT2D eigenvalue weighted by atomic mass is 10.0. The molecule has 0 spiro atoms. The van der Waals surface area contributed by atoms with Gasteiger partial charge in [-0.2, -0.15) is 0 Å². The first-order valence-corrected chi connectivity index (χ1v) is 10.9. The second-order valence-corrected chi connectivity index (χ2v) is 9.33. The highest BCUT2D eigenvalue weighted by molar-refractivity contribution is 9.10. The number of carbonyl (C=O) groups is 1. The highest BCUT2D eigenvalue weighted by atomic mass is 79.9. The molecule has 3 rings (SSSR count). The van der Waals surface area contributed by atoms with E-state index in [1.807, 2.05) is 39.1 Å². The molecule has 0 saturated carbocycles. The summed E-state index contributed by atoms with van der Waals surface area (Å²) < 4.78 is 11.8. The van der Waals surface area contributed by atoms with Gasteiger partial charge in [-0.1, -0.05) is 0 Å². The summed E-state index contributed by atoms with van der Waals surface area (Å²) in [7, 11) is 1.68. The third kappa shape index (κ3) is 6.06. The van der Waals surface area contributed by atoms with Gasteiger partial charge < -0.3 is 19.7 Å². The maximum atomic E-state index is 12.0. The van der Waals surface area contributed by atoms with Crippen LogP contribution in [0, 0.1) is 0 Å². The first-order valence-electron chi connectivity index (χ1n) is 10.1. The van der Waals surface area contributed by atoms with Crippen LogP contribution in [0.5, 0.6) is 5.75 Å². The lowest BCUT2D eigenvalue weighted by Crippen LogP contribution is -2.46. The number of halogens is 1. The number of fused-ring (bicyclic) bond motifs is 1. The minimum absolute atomic E-state index is 0.179. The van der Waals surface area contributed by atoms with Crippen molar-refractivity contribution in [1.82, 2.24) is 15.2 Å². The van der Waals surface area contributed by atoms with Gasteiger partial charge in [0.05, 0.1) is 12.6 Å². The number of pyridine rings is 1. The predicted molar refractivity (Wildman–Crippen MR) is 119 cm³/mol. The van der Waals surface area contributed by atoms with Gasteiger partial charge in [0, 0.05) is 41.7 Å². The third-order valence-corrected chi connectivity index (χ3v) is 5.80. The number of nitrogens with one attached hydrogen (secondary N) is 1. The van der Waals surface area contributed by atoms with Gasteiger partial charge in [0.15, 0.2) is 0 Å². The molecule has 6 nitrogen and oxygen atoms in total. The van der Waals surface area contributed by atoms with Gasteiger partial charge in [-0.3, -0.25) is 4.98 Å². The zero-order valence-electron chi connectivity index (χ0n) is 17.6. The van der Waals surface area contributed by atoms with E-state index in [0.29, 0.717) is 0 Å². The van der Waals surface area contributed by atoms with Gasteiger partial charge in [-0.25, -0.2) is 4.79 Å².